The lowest BCUT2D eigenvalue weighted by Gasteiger charge is -2.06. The number of hydrogen-bond acceptors (Lipinski definition) is 5. The number of H-pyrrole nitrogens is 2. The molecule has 0 saturated carbocycles. The maximum Gasteiger partial charge on any atom is 0.159 e. The molecule has 4 aromatic heterocycles. The van der Waals surface area contributed by atoms with Gasteiger partial charge in [0.15, 0.2) is 5.82 Å². The summed E-state index contributed by atoms with van der Waals surface area (Å²) < 4.78 is 6.33. The molecule has 0 spiro atoms. The van der Waals surface area contributed by atoms with Crippen LogP contribution in [0.3, 0.4) is 0 Å². The fraction of sp³-hybridized carbons (Fsp3) is 0.0455. The number of aryl methyl sites for hydroxylation is 1. The summed E-state index contributed by atoms with van der Waals surface area (Å²) in [6.45, 7) is 1.96. The second-order valence-corrected chi connectivity index (χ2v) is 9.30. The van der Waals surface area contributed by atoms with Crippen LogP contribution in [0.2, 0.25) is 0 Å². The summed E-state index contributed by atoms with van der Waals surface area (Å²) in [5.74, 6) is 0.693. The summed E-state index contributed by atoms with van der Waals surface area (Å²) in [6, 6.07) is 6.29. The lowest BCUT2D eigenvalue weighted by molar-refractivity contribution is 1.05. The van der Waals surface area contributed by atoms with Gasteiger partial charge in [-0.2, -0.15) is 5.10 Å². The van der Waals surface area contributed by atoms with Gasteiger partial charge < -0.3 is 15.3 Å². The highest BCUT2D eigenvalue weighted by molar-refractivity contribution is 14.2. The molecule has 0 radical (unpaired) electrons. The van der Waals surface area contributed by atoms with Crippen molar-refractivity contribution < 1.29 is 0 Å². The molecule has 0 bridgehead atoms. The van der Waals surface area contributed by atoms with E-state index in [1.807, 2.05) is 29.8 Å². The number of imidazole rings is 2. The topological polar surface area (TPSA) is 114 Å². The number of rotatable bonds is 3. The van der Waals surface area contributed by atoms with Crippen LogP contribution in [0.1, 0.15) is 11.3 Å². The zero-order chi connectivity index (χ0) is 20.9. The molecule has 0 saturated heterocycles. The second kappa shape index (κ2) is 6.98. The third-order valence-electron chi connectivity index (χ3n) is 5.18. The first-order valence-corrected chi connectivity index (χ1v) is 12.1. The monoisotopic (exact) mass is 520 g/mol. The van der Waals surface area contributed by atoms with Crippen molar-refractivity contribution in [3.63, 3.8) is 0 Å². The highest BCUT2D eigenvalue weighted by atomic mass is 127. The highest BCUT2D eigenvalue weighted by Gasteiger charge is 2.16. The van der Waals surface area contributed by atoms with E-state index in [2.05, 4.69) is 45.4 Å². The second-order valence-electron chi connectivity index (χ2n) is 7.34. The molecule has 0 unspecified atom stereocenters. The van der Waals surface area contributed by atoms with Crippen LogP contribution in [-0.4, -0.2) is 38.7 Å². The van der Waals surface area contributed by atoms with E-state index in [9.17, 15) is 0 Å². The predicted molar refractivity (Wildman–Crippen MR) is 131 cm³/mol. The quantitative estimate of drug-likeness (QED) is 0.312. The Morgan fingerprint density at radius 2 is 2.10 bits per heavy atom. The number of benzene rings is 1. The number of nitrogens with two attached hydrogens (primary N) is 1. The third kappa shape index (κ3) is 3.08. The minimum atomic E-state index is -0.152. The smallest absolute Gasteiger partial charge is 0.159 e. The Morgan fingerprint density at radius 1 is 1.16 bits per heavy atom. The van der Waals surface area contributed by atoms with E-state index < -0.39 is 0 Å². The molecule has 0 atom stereocenters. The molecule has 31 heavy (non-hydrogen) atoms. The lowest BCUT2D eigenvalue weighted by atomic mass is 10.0. The first kappa shape index (κ1) is 18.2. The van der Waals surface area contributed by atoms with Gasteiger partial charge in [0.1, 0.15) is 11.2 Å². The minimum absolute atomic E-state index is 0.152. The molecule has 9 heteroatoms. The van der Waals surface area contributed by atoms with Crippen molar-refractivity contribution >= 4 is 52.3 Å². The Hall–Kier alpha value is -3.60. The first-order valence-electron chi connectivity index (χ1n) is 9.62. The van der Waals surface area contributed by atoms with E-state index in [1.54, 1.807) is 18.7 Å². The first-order chi connectivity index (χ1) is 15.2. The van der Waals surface area contributed by atoms with Crippen molar-refractivity contribution in [3.8, 4) is 17.2 Å². The van der Waals surface area contributed by atoms with E-state index in [0.29, 0.717) is 5.82 Å². The van der Waals surface area contributed by atoms with Crippen molar-refractivity contribution in [2.24, 2.45) is 5.73 Å². The number of aromatic nitrogens is 7. The van der Waals surface area contributed by atoms with Gasteiger partial charge in [0.2, 0.25) is 0 Å². The van der Waals surface area contributed by atoms with Gasteiger partial charge in [-0.15, -0.1) is 0 Å². The molecule has 0 fully saturated rings. The van der Waals surface area contributed by atoms with E-state index in [-0.39, 0.29) is 20.7 Å². The summed E-state index contributed by atoms with van der Waals surface area (Å²) >= 11 is -0.152. The van der Waals surface area contributed by atoms with Crippen LogP contribution in [0.4, 0.5) is 0 Å². The molecule has 1 aromatic carbocycles. The fourth-order valence-corrected chi connectivity index (χ4v) is 5.41. The maximum atomic E-state index is 6.03. The third-order valence-corrected chi connectivity index (χ3v) is 7.29. The summed E-state index contributed by atoms with van der Waals surface area (Å²) in [5.41, 5.74) is 14.4. The van der Waals surface area contributed by atoms with Gasteiger partial charge in [-0.05, 0) is 44.4 Å². The van der Waals surface area contributed by atoms with Gasteiger partial charge in [0.05, 0.1) is 41.1 Å². The lowest BCUT2D eigenvalue weighted by Crippen LogP contribution is -1.99. The SMILES string of the molecule is Cc1cn(-c2cncc3[nH]c(-c4n[nH]c5ccc(C6=CI=CC(N)=C6)cc45)nc23)cn1. The van der Waals surface area contributed by atoms with Crippen LogP contribution >= 0.6 is 20.7 Å². The average Bonchev–Trinajstić information content (AvgIpc) is 3.50. The van der Waals surface area contributed by atoms with Gasteiger partial charge in [-0.3, -0.25) is 10.1 Å². The van der Waals surface area contributed by atoms with Gasteiger partial charge in [-0.1, -0.05) is 26.8 Å². The Morgan fingerprint density at radius 3 is 2.94 bits per heavy atom. The number of halogens is 1. The van der Waals surface area contributed by atoms with Gasteiger partial charge in [0, 0.05) is 17.3 Å². The van der Waals surface area contributed by atoms with Crippen LogP contribution in [0.5, 0.6) is 0 Å². The van der Waals surface area contributed by atoms with Crippen molar-refractivity contribution in [2.75, 3.05) is 0 Å². The molecule has 1 aliphatic rings. The molecule has 6 rings (SSSR count). The zero-order valence-corrected chi connectivity index (χ0v) is 18.6. The summed E-state index contributed by atoms with van der Waals surface area (Å²) in [7, 11) is 0. The number of nitrogens with zero attached hydrogens (tertiary/aromatic N) is 5. The number of nitrogens with one attached hydrogen (secondary N) is 2. The molecule has 8 nitrogen and oxygen atoms in total. The number of pyridine rings is 1. The molecule has 5 aromatic rings. The van der Waals surface area contributed by atoms with Crippen molar-refractivity contribution in [2.45, 2.75) is 6.92 Å². The van der Waals surface area contributed by atoms with Crippen LogP contribution in [0, 0.1) is 6.92 Å². The standard InChI is InChI=1S/C22H17IN8/c1-12-10-31(11-26-12)19-9-25-8-18-21(19)28-22(27-18)20-16-5-13(2-3-17(16)29-30-20)14-4-15(24)7-23-6-14/h2-11H,24H2,1H3,(H,27,28)(H,29,30). The molecule has 152 valence electrons. The normalized spacial score (nSPS) is 14.0. The Bertz CT molecular complexity index is 1560. The molecule has 1 aliphatic heterocycles. The molecule has 0 amide bonds. The molecule has 5 heterocycles. The maximum absolute atomic E-state index is 6.03. The van der Waals surface area contributed by atoms with Crippen molar-refractivity contribution in [1.82, 2.24) is 34.7 Å². The Kier molecular flexibility index (Phi) is 4.10. The minimum Gasteiger partial charge on any atom is -0.398 e. The number of allylic oxidation sites excluding steroid dienone is 3. The summed E-state index contributed by atoms with van der Waals surface area (Å²) in [5, 5.41) is 8.68. The van der Waals surface area contributed by atoms with Crippen LogP contribution in [0.15, 0.2) is 59.0 Å². The van der Waals surface area contributed by atoms with Gasteiger partial charge in [-0.25, -0.2) is 9.97 Å². The molecular formula is C22H17IN8. The van der Waals surface area contributed by atoms with Crippen molar-refractivity contribution in [1.29, 1.82) is 0 Å². The van der Waals surface area contributed by atoms with E-state index >= 15 is 0 Å². The molecular weight excluding hydrogens is 503 g/mol. The van der Waals surface area contributed by atoms with Crippen LogP contribution in [-0.2, 0) is 0 Å². The van der Waals surface area contributed by atoms with E-state index in [4.69, 9.17) is 10.7 Å². The molecule has 4 N–H and O–H groups in total. The largest absolute Gasteiger partial charge is 0.398 e. The van der Waals surface area contributed by atoms with Gasteiger partial charge >= 0.3 is 0 Å². The predicted octanol–water partition coefficient (Wildman–Crippen LogP) is 3.97. The number of aromatic amines is 2. The molecule has 0 aliphatic carbocycles. The Labute approximate surface area is 186 Å². The summed E-state index contributed by atoms with van der Waals surface area (Å²) in [6.07, 6.45) is 9.32. The van der Waals surface area contributed by atoms with Gasteiger partial charge in [0.25, 0.3) is 0 Å². The zero-order valence-electron chi connectivity index (χ0n) is 16.5. The average molecular weight is 520 g/mol. The number of fused-ring (bicyclic) bond motifs is 2. The highest BCUT2D eigenvalue weighted by Crippen LogP contribution is 2.31. The summed E-state index contributed by atoms with van der Waals surface area (Å²) in [4.78, 5) is 16.9. The van der Waals surface area contributed by atoms with E-state index in [0.717, 1.165) is 55.8 Å². The Balaban J connectivity index is 1.50. The van der Waals surface area contributed by atoms with E-state index in [1.165, 1.54) is 0 Å². The fourth-order valence-electron chi connectivity index (χ4n) is 3.71. The number of hydrogen-bond donors (Lipinski definition) is 3. The van der Waals surface area contributed by atoms with Crippen molar-refractivity contribution in [3.05, 3.63) is 70.2 Å². The van der Waals surface area contributed by atoms with Crippen LogP contribution < -0.4 is 5.73 Å². The van der Waals surface area contributed by atoms with Crippen LogP contribution in [0.25, 0.3) is 44.7 Å².